The number of carbonyl (C=O) groups excluding carboxylic acids is 3. The average Bonchev–Trinajstić information content (AvgIpc) is 3.18. The molecule has 2 amide bonds. The van der Waals surface area contributed by atoms with Crippen molar-refractivity contribution in [3.05, 3.63) is 52.8 Å². The number of alkyl halides is 3. The van der Waals surface area contributed by atoms with Gasteiger partial charge in [0.2, 0.25) is 11.8 Å². The zero-order chi connectivity index (χ0) is 27.2. The summed E-state index contributed by atoms with van der Waals surface area (Å²) in [6, 6.07) is 7.50. The van der Waals surface area contributed by atoms with Gasteiger partial charge < -0.3 is 15.0 Å². The third-order valence-corrected chi connectivity index (χ3v) is 7.67. The van der Waals surface area contributed by atoms with Crippen molar-refractivity contribution in [1.82, 2.24) is 20.4 Å². The first kappa shape index (κ1) is 26.2. The van der Waals surface area contributed by atoms with Gasteiger partial charge in [0.15, 0.2) is 5.69 Å². The maximum atomic E-state index is 13.5. The SMILES string of the molecule is CC(C)C[C@H](NC(=O)[C@H]1C[C@H]2C[C@H]2N1C(=O)C1Cc2[nH]nc(C(F)(F)F)c2C1)C(=O)OCc1ccccc1. The molecule has 5 atom stereocenters. The summed E-state index contributed by atoms with van der Waals surface area (Å²) in [6.07, 6.45) is -2.91. The first-order valence-electron chi connectivity index (χ1n) is 13.0. The van der Waals surface area contributed by atoms with Gasteiger partial charge in [-0.05, 0) is 43.1 Å². The van der Waals surface area contributed by atoms with E-state index >= 15 is 0 Å². The first-order chi connectivity index (χ1) is 18.0. The molecule has 1 aromatic carbocycles. The minimum absolute atomic E-state index is 0.0292. The molecule has 11 heteroatoms. The topological polar surface area (TPSA) is 104 Å². The van der Waals surface area contributed by atoms with E-state index in [0.717, 1.165) is 12.0 Å². The number of H-pyrrole nitrogens is 1. The average molecular weight is 533 g/mol. The summed E-state index contributed by atoms with van der Waals surface area (Å²) in [7, 11) is 0. The largest absolute Gasteiger partial charge is 0.459 e. The van der Waals surface area contributed by atoms with Gasteiger partial charge in [-0.15, -0.1) is 0 Å². The van der Waals surface area contributed by atoms with Crippen molar-refractivity contribution >= 4 is 17.8 Å². The zero-order valence-corrected chi connectivity index (χ0v) is 21.3. The second-order valence-electron chi connectivity index (χ2n) is 11.0. The summed E-state index contributed by atoms with van der Waals surface area (Å²) in [5.41, 5.74) is 0.199. The van der Waals surface area contributed by atoms with Crippen LogP contribution in [0, 0.1) is 17.8 Å². The fraction of sp³-hybridized carbons (Fsp3) is 0.556. The van der Waals surface area contributed by atoms with E-state index < -0.39 is 41.7 Å². The Kier molecular flexibility index (Phi) is 6.96. The summed E-state index contributed by atoms with van der Waals surface area (Å²) >= 11 is 0. The third-order valence-electron chi connectivity index (χ3n) is 7.67. The molecule has 1 saturated carbocycles. The van der Waals surface area contributed by atoms with E-state index in [4.69, 9.17) is 4.74 Å². The molecule has 2 heterocycles. The number of nitrogens with zero attached hydrogens (tertiary/aromatic N) is 2. The second-order valence-corrected chi connectivity index (χ2v) is 11.0. The van der Waals surface area contributed by atoms with Crippen molar-refractivity contribution in [2.75, 3.05) is 0 Å². The first-order valence-corrected chi connectivity index (χ1v) is 13.0. The Bertz CT molecular complexity index is 1210. The lowest BCUT2D eigenvalue weighted by atomic mass is 10.0. The predicted octanol–water partition coefficient (Wildman–Crippen LogP) is 3.41. The van der Waals surface area contributed by atoms with Gasteiger partial charge in [-0.25, -0.2) is 4.79 Å². The molecule has 5 rings (SSSR count). The number of halogens is 3. The number of fused-ring (bicyclic) bond motifs is 2. The van der Waals surface area contributed by atoms with Crippen LogP contribution in [-0.2, 0) is 44.7 Å². The van der Waals surface area contributed by atoms with Gasteiger partial charge in [0.05, 0.1) is 0 Å². The number of amides is 2. The summed E-state index contributed by atoms with van der Waals surface area (Å²) < 4.78 is 45.4. The van der Waals surface area contributed by atoms with Gasteiger partial charge in [0, 0.05) is 29.6 Å². The molecule has 1 unspecified atom stereocenters. The van der Waals surface area contributed by atoms with Crippen LogP contribution < -0.4 is 5.32 Å². The molecule has 0 spiro atoms. The number of esters is 1. The van der Waals surface area contributed by atoms with Gasteiger partial charge in [0.1, 0.15) is 18.7 Å². The zero-order valence-electron chi connectivity index (χ0n) is 21.3. The summed E-state index contributed by atoms with van der Waals surface area (Å²) in [4.78, 5) is 41.4. The molecule has 1 aliphatic heterocycles. The summed E-state index contributed by atoms with van der Waals surface area (Å²) in [5, 5.41) is 8.64. The minimum atomic E-state index is -4.60. The van der Waals surface area contributed by atoms with Crippen molar-refractivity contribution in [3.63, 3.8) is 0 Å². The van der Waals surface area contributed by atoms with Crippen molar-refractivity contribution in [1.29, 1.82) is 0 Å². The van der Waals surface area contributed by atoms with Crippen molar-refractivity contribution in [3.8, 4) is 0 Å². The highest BCUT2D eigenvalue weighted by molar-refractivity contribution is 5.92. The molecule has 2 fully saturated rings. The lowest BCUT2D eigenvalue weighted by Gasteiger charge is -2.30. The highest BCUT2D eigenvalue weighted by Crippen LogP contribution is 2.49. The molecule has 8 nitrogen and oxygen atoms in total. The maximum Gasteiger partial charge on any atom is 0.435 e. The van der Waals surface area contributed by atoms with Crippen LogP contribution in [-0.4, -0.2) is 51.0 Å². The maximum absolute atomic E-state index is 13.5. The van der Waals surface area contributed by atoms with E-state index in [1.165, 1.54) is 0 Å². The Labute approximate surface area is 218 Å². The molecule has 38 heavy (non-hydrogen) atoms. The van der Waals surface area contributed by atoms with Gasteiger partial charge >= 0.3 is 12.1 Å². The number of ether oxygens (including phenoxy) is 1. The standard InChI is InChI=1S/C27H31F3N4O4/c1-14(2)8-20(26(37)38-13-15-6-4-3-5-7-15)31-24(35)22-12-16-11-21(16)34(22)25(36)17-9-18-19(10-17)32-33-23(18)27(28,29)30/h3-7,14,16-17,20-22H,8-13H2,1-2H3,(H,31,35)(H,32,33)/t16-,17?,20+,21-,22-/m1/s1. The summed E-state index contributed by atoms with van der Waals surface area (Å²) in [6.45, 7) is 3.95. The molecule has 2 aromatic rings. The quantitative estimate of drug-likeness (QED) is 0.507. The van der Waals surface area contributed by atoms with Crippen LogP contribution >= 0.6 is 0 Å². The number of carbonyl (C=O) groups is 3. The molecule has 1 saturated heterocycles. The van der Waals surface area contributed by atoms with Crippen LogP contribution in [0.1, 0.15) is 55.6 Å². The number of hydrogen-bond acceptors (Lipinski definition) is 5. The number of nitrogens with one attached hydrogen (secondary N) is 2. The van der Waals surface area contributed by atoms with E-state index in [0.29, 0.717) is 18.5 Å². The number of rotatable bonds is 8. The van der Waals surface area contributed by atoms with Crippen LogP contribution in [0.3, 0.4) is 0 Å². The molecular formula is C27H31F3N4O4. The molecule has 2 aliphatic carbocycles. The van der Waals surface area contributed by atoms with E-state index in [1.807, 2.05) is 44.2 Å². The lowest BCUT2D eigenvalue weighted by Crippen LogP contribution is -2.53. The molecule has 0 radical (unpaired) electrons. The Morgan fingerprint density at radius 2 is 1.89 bits per heavy atom. The minimum Gasteiger partial charge on any atom is -0.459 e. The van der Waals surface area contributed by atoms with Gasteiger partial charge in [-0.1, -0.05) is 44.2 Å². The van der Waals surface area contributed by atoms with Crippen LogP contribution in [0.4, 0.5) is 13.2 Å². The fourth-order valence-electron chi connectivity index (χ4n) is 5.77. The fourth-order valence-corrected chi connectivity index (χ4v) is 5.77. The Morgan fingerprint density at radius 1 is 1.16 bits per heavy atom. The number of likely N-dealkylation sites (tertiary alicyclic amines) is 1. The molecule has 3 aliphatic rings. The molecule has 1 aromatic heterocycles. The smallest absolute Gasteiger partial charge is 0.435 e. The van der Waals surface area contributed by atoms with Crippen LogP contribution in [0.2, 0.25) is 0 Å². The summed E-state index contributed by atoms with van der Waals surface area (Å²) in [5.74, 6) is -1.68. The Hall–Kier alpha value is -3.37. The molecule has 0 bridgehead atoms. The Balaban J connectivity index is 1.25. The number of piperidine rings is 1. The second kappa shape index (κ2) is 10.1. The van der Waals surface area contributed by atoms with Gasteiger partial charge in [0.25, 0.3) is 0 Å². The molecular weight excluding hydrogens is 501 g/mol. The van der Waals surface area contributed by atoms with Crippen LogP contribution in [0.25, 0.3) is 0 Å². The number of aromatic amines is 1. The highest BCUT2D eigenvalue weighted by atomic mass is 19.4. The normalized spacial score (nSPS) is 24.6. The molecule has 204 valence electrons. The lowest BCUT2D eigenvalue weighted by molar-refractivity contribution is -0.151. The molecule has 2 N–H and O–H groups in total. The Morgan fingerprint density at radius 3 is 2.58 bits per heavy atom. The van der Waals surface area contributed by atoms with Crippen LogP contribution in [0.5, 0.6) is 0 Å². The monoisotopic (exact) mass is 532 g/mol. The third kappa shape index (κ3) is 5.28. The highest BCUT2D eigenvalue weighted by Gasteiger charge is 2.57. The van der Waals surface area contributed by atoms with Crippen molar-refractivity contribution < 1.29 is 32.3 Å². The number of aromatic nitrogens is 2. The van der Waals surface area contributed by atoms with Crippen LogP contribution in [0.15, 0.2) is 30.3 Å². The van der Waals surface area contributed by atoms with Gasteiger partial charge in [-0.3, -0.25) is 14.7 Å². The number of hydrogen-bond donors (Lipinski definition) is 2. The number of benzene rings is 1. The van der Waals surface area contributed by atoms with E-state index in [9.17, 15) is 27.6 Å². The van der Waals surface area contributed by atoms with Crippen molar-refractivity contribution in [2.45, 2.75) is 76.9 Å². The van der Waals surface area contributed by atoms with E-state index in [-0.39, 0.29) is 48.8 Å². The predicted molar refractivity (Wildman–Crippen MR) is 129 cm³/mol. The van der Waals surface area contributed by atoms with Crippen molar-refractivity contribution in [2.24, 2.45) is 17.8 Å². The van der Waals surface area contributed by atoms with E-state index in [2.05, 4.69) is 15.5 Å². The van der Waals surface area contributed by atoms with Gasteiger partial charge in [-0.2, -0.15) is 18.3 Å². The van der Waals surface area contributed by atoms with E-state index in [1.54, 1.807) is 4.90 Å².